The summed E-state index contributed by atoms with van der Waals surface area (Å²) >= 11 is 0. The Morgan fingerprint density at radius 1 is 1.28 bits per heavy atom. The second-order valence-corrected chi connectivity index (χ2v) is 8.43. The van der Waals surface area contributed by atoms with Crippen molar-refractivity contribution in [3.8, 4) is 0 Å². The molecule has 174 valence electrons. The van der Waals surface area contributed by atoms with E-state index in [1.54, 1.807) is 0 Å². The van der Waals surface area contributed by atoms with Gasteiger partial charge in [-0.25, -0.2) is 4.98 Å². The molecule has 9 nitrogen and oxygen atoms in total. The number of nitrogens with one attached hydrogen (secondary N) is 1. The Kier molecular flexibility index (Phi) is 8.32. The van der Waals surface area contributed by atoms with Gasteiger partial charge in [-0.2, -0.15) is 5.10 Å². The molecule has 0 aliphatic carbocycles. The number of aliphatic imine (C=N–C) groups is 1. The van der Waals surface area contributed by atoms with E-state index in [-0.39, 0.29) is 35.8 Å². The molecule has 0 aromatic carbocycles. The van der Waals surface area contributed by atoms with Crippen LogP contribution >= 0.6 is 24.0 Å². The Morgan fingerprint density at radius 2 is 2.06 bits per heavy atom. The van der Waals surface area contributed by atoms with Crippen LogP contribution in [0.2, 0.25) is 0 Å². The van der Waals surface area contributed by atoms with Crippen LogP contribution < -0.4 is 16.0 Å². The highest BCUT2D eigenvalue weighted by molar-refractivity contribution is 14.0. The van der Waals surface area contributed by atoms with Gasteiger partial charge in [0.05, 0.1) is 6.20 Å². The molecule has 4 heterocycles. The molecule has 1 amide bonds. The summed E-state index contributed by atoms with van der Waals surface area (Å²) in [5.41, 5.74) is 7.90. The monoisotopic (exact) mass is 552 g/mol. The third-order valence-corrected chi connectivity index (χ3v) is 6.40. The minimum absolute atomic E-state index is 0. The number of aromatic nitrogens is 3. The molecule has 0 radical (unpaired) electrons. The zero-order valence-corrected chi connectivity index (χ0v) is 21.1. The van der Waals surface area contributed by atoms with Crippen LogP contribution in [0.5, 0.6) is 0 Å². The van der Waals surface area contributed by atoms with Gasteiger partial charge in [0.25, 0.3) is 0 Å². The van der Waals surface area contributed by atoms with Gasteiger partial charge in [0.15, 0.2) is 5.96 Å². The van der Waals surface area contributed by atoms with Crippen LogP contribution in [0, 0.1) is 5.92 Å². The molecule has 3 N–H and O–H groups in total. The van der Waals surface area contributed by atoms with Crippen molar-refractivity contribution in [2.75, 3.05) is 38.1 Å². The maximum absolute atomic E-state index is 11.5. The molecule has 2 aliphatic heterocycles. The smallest absolute Gasteiger partial charge is 0.220 e. The number of carbonyl (C=O) groups is 1. The second kappa shape index (κ2) is 11.0. The first-order valence-electron chi connectivity index (χ1n) is 11.0. The predicted octanol–water partition coefficient (Wildman–Crippen LogP) is 1.70. The summed E-state index contributed by atoms with van der Waals surface area (Å²) in [5.74, 6) is 2.15. The van der Waals surface area contributed by atoms with Crippen LogP contribution in [0.25, 0.3) is 0 Å². The van der Waals surface area contributed by atoms with Gasteiger partial charge < -0.3 is 20.9 Å². The number of amides is 1. The number of aryl methyl sites for hydroxylation is 1. The number of nitrogens with zero attached hydrogens (tertiary/aromatic N) is 6. The zero-order chi connectivity index (χ0) is 21.8. The average molecular weight is 552 g/mol. The molecule has 1 unspecified atom stereocenters. The van der Waals surface area contributed by atoms with Gasteiger partial charge in [-0.15, -0.1) is 24.0 Å². The number of pyridine rings is 1. The van der Waals surface area contributed by atoms with E-state index >= 15 is 0 Å². The number of primary amides is 1. The molecule has 2 aromatic heterocycles. The van der Waals surface area contributed by atoms with Gasteiger partial charge in [-0.1, -0.05) is 6.07 Å². The van der Waals surface area contributed by atoms with Crippen LogP contribution in [0.3, 0.4) is 0 Å². The summed E-state index contributed by atoms with van der Waals surface area (Å²) in [7, 11) is 3.79. The van der Waals surface area contributed by atoms with Crippen LogP contribution in [0.1, 0.15) is 36.3 Å². The van der Waals surface area contributed by atoms with Crippen molar-refractivity contribution < 1.29 is 4.79 Å². The highest BCUT2D eigenvalue weighted by atomic mass is 127. The molecular weight excluding hydrogens is 519 g/mol. The van der Waals surface area contributed by atoms with Crippen LogP contribution in [-0.2, 0) is 18.4 Å². The molecule has 4 rings (SSSR count). The average Bonchev–Trinajstić information content (AvgIpc) is 3.44. The third kappa shape index (κ3) is 5.51. The molecule has 2 fully saturated rings. The number of nitrogens with two attached hydrogens (primary N) is 1. The van der Waals surface area contributed by atoms with Crippen molar-refractivity contribution in [2.24, 2.45) is 23.7 Å². The SMILES string of the molecule is CN=C(NCc1cccnc1N1CCC(C(N)=O)CC1)N1CCC(c2cnn(C)c2)C1.I. The number of guanidine groups is 1. The summed E-state index contributed by atoms with van der Waals surface area (Å²) < 4.78 is 1.86. The number of piperidine rings is 1. The van der Waals surface area contributed by atoms with Gasteiger partial charge >= 0.3 is 0 Å². The molecule has 2 aromatic rings. The van der Waals surface area contributed by atoms with Crippen molar-refractivity contribution in [1.82, 2.24) is 25.0 Å². The summed E-state index contributed by atoms with van der Waals surface area (Å²) in [6.07, 6.45) is 8.56. The van der Waals surface area contributed by atoms with E-state index in [2.05, 4.69) is 42.5 Å². The summed E-state index contributed by atoms with van der Waals surface area (Å²) in [5, 5.41) is 7.84. The largest absolute Gasteiger partial charge is 0.369 e. The fourth-order valence-corrected chi connectivity index (χ4v) is 4.61. The molecule has 10 heteroatoms. The number of likely N-dealkylation sites (tertiary alicyclic amines) is 1. The van der Waals surface area contributed by atoms with Crippen molar-refractivity contribution >= 4 is 41.7 Å². The zero-order valence-electron chi connectivity index (χ0n) is 18.8. The van der Waals surface area contributed by atoms with Gasteiger partial charge in [-0.05, 0) is 30.9 Å². The van der Waals surface area contributed by atoms with E-state index in [9.17, 15) is 4.79 Å². The number of halogens is 1. The topological polar surface area (TPSA) is 105 Å². The van der Waals surface area contributed by atoms with E-state index in [0.717, 1.165) is 62.8 Å². The lowest BCUT2D eigenvalue weighted by Crippen LogP contribution is -2.41. The number of carbonyl (C=O) groups excluding carboxylic acids is 1. The first-order valence-corrected chi connectivity index (χ1v) is 11.0. The van der Waals surface area contributed by atoms with Crippen molar-refractivity contribution in [3.63, 3.8) is 0 Å². The van der Waals surface area contributed by atoms with Crippen LogP contribution in [0.15, 0.2) is 35.7 Å². The lowest BCUT2D eigenvalue weighted by Gasteiger charge is -2.32. The minimum atomic E-state index is -0.193. The lowest BCUT2D eigenvalue weighted by atomic mass is 9.96. The molecule has 2 saturated heterocycles. The highest BCUT2D eigenvalue weighted by Gasteiger charge is 2.28. The molecule has 0 spiro atoms. The van der Waals surface area contributed by atoms with Gasteiger partial charge in [0.1, 0.15) is 5.82 Å². The highest BCUT2D eigenvalue weighted by Crippen LogP contribution is 2.27. The van der Waals surface area contributed by atoms with Crippen LogP contribution in [-0.4, -0.2) is 64.8 Å². The van der Waals surface area contributed by atoms with Crippen molar-refractivity contribution in [1.29, 1.82) is 0 Å². The van der Waals surface area contributed by atoms with Crippen molar-refractivity contribution in [2.45, 2.75) is 31.7 Å². The number of hydrogen-bond donors (Lipinski definition) is 2. The standard InChI is InChI=1S/C22H32N8O.HI/c1-24-22(30-11-7-18(15-30)19-13-27-28(2)14-19)26-12-17-4-3-8-25-21(17)29-9-5-16(6-10-29)20(23)31;/h3-4,8,13-14,16,18H,5-7,9-12,15H2,1-2H3,(H2,23,31)(H,24,26);1H. The third-order valence-electron chi connectivity index (χ3n) is 6.40. The number of anilines is 1. The number of rotatable bonds is 5. The fraction of sp³-hybridized carbons (Fsp3) is 0.545. The summed E-state index contributed by atoms with van der Waals surface area (Å²) in [4.78, 5) is 25.2. The molecule has 0 bridgehead atoms. The lowest BCUT2D eigenvalue weighted by molar-refractivity contribution is -0.122. The van der Waals surface area contributed by atoms with E-state index < -0.39 is 0 Å². The van der Waals surface area contributed by atoms with Gasteiger partial charge in [-0.3, -0.25) is 14.5 Å². The number of hydrogen-bond acceptors (Lipinski definition) is 5. The van der Waals surface area contributed by atoms with E-state index in [1.807, 2.05) is 37.2 Å². The van der Waals surface area contributed by atoms with Gasteiger partial charge in [0, 0.05) is 76.6 Å². The molecule has 2 aliphatic rings. The van der Waals surface area contributed by atoms with E-state index in [4.69, 9.17) is 5.73 Å². The Morgan fingerprint density at radius 3 is 2.72 bits per heavy atom. The Bertz CT molecular complexity index is 938. The Balaban J connectivity index is 0.00000289. The first-order chi connectivity index (χ1) is 15.0. The minimum Gasteiger partial charge on any atom is -0.369 e. The maximum atomic E-state index is 11.5. The van der Waals surface area contributed by atoms with E-state index in [1.165, 1.54) is 5.56 Å². The van der Waals surface area contributed by atoms with Crippen molar-refractivity contribution in [3.05, 3.63) is 41.9 Å². The predicted molar refractivity (Wildman–Crippen MR) is 136 cm³/mol. The fourth-order valence-electron chi connectivity index (χ4n) is 4.61. The van der Waals surface area contributed by atoms with Crippen LogP contribution in [0.4, 0.5) is 5.82 Å². The van der Waals surface area contributed by atoms with Gasteiger partial charge in [0.2, 0.25) is 5.91 Å². The normalized spacial score (nSPS) is 19.7. The van der Waals surface area contributed by atoms with E-state index in [0.29, 0.717) is 12.5 Å². The summed E-state index contributed by atoms with van der Waals surface area (Å²) in [6, 6.07) is 4.07. The Labute approximate surface area is 206 Å². The molecule has 1 atom stereocenters. The molecular formula is C22H33IN8O. The summed E-state index contributed by atoms with van der Waals surface area (Å²) in [6.45, 7) is 4.15. The quantitative estimate of drug-likeness (QED) is 0.333. The maximum Gasteiger partial charge on any atom is 0.220 e. The molecule has 0 saturated carbocycles. The second-order valence-electron chi connectivity index (χ2n) is 8.43. The molecule has 32 heavy (non-hydrogen) atoms. The first kappa shape index (κ1) is 24.3. The Hall–Kier alpha value is -2.37.